The van der Waals surface area contributed by atoms with Crippen LogP contribution in [0.15, 0.2) is 36.4 Å². The summed E-state index contributed by atoms with van der Waals surface area (Å²) in [5.41, 5.74) is 4.38. The summed E-state index contributed by atoms with van der Waals surface area (Å²) in [6, 6.07) is 12.6. The smallest absolute Gasteiger partial charge is 0.251 e. The molecule has 136 valence electrons. The van der Waals surface area contributed by atoms with Crippen LogP contribution in [0.5, 0.6) is 0 Å². The van der Waals surface area contributed by atoms with E-state index in [0.29, 0.717) is 16.1 Å². The largest absolute Gasteiger partial charge is 0.349 e. The Morgan fingerprint density at radius 2 is 1.77 bits per heavy atom. The van der Waals surface area contributed by atoms with Gasteiger partial charge in [-0.1, -0.05) is 35.3 Å². The van der Waals surface area contributed by atoms with Gasteiger partial charge in [0.25, 0.3) is 5.91 Å². The number of rotatable bonds is 4. The lowest BCUT2D eigenvalue weighted by Gasteiger charge is -2.32. The Morgan fingerprint density at radius 3 is 2.46 bits per heavy atom. The molecular formula is C21H22Cl2N2O. The van der Waals surface area contributed by atoms with Gasteiger partial charge >= 0.3 is 0 Å². The summed E-state index contributed by atoms with van der Waals surface area (Å²) in [4.78, 5) is 12.4. The lowest BCUT2D eigenvalue weighted by Crippen LogP contribution is -2.28. The van der Waals surface area contributed by atoms with Crippen LogP contribution in [0.25, 0.3) is 0 Å². The van der Waals surface area contributed by atoms with Crippen molar-refractivity contribution in [1.29, 1.82) is 0 Å². The minimum atomic E-state index is 0.0295. The Morgan fingerprint density at radius 1 is 0.962 bits per heavy atom. The van der Waals surface area contributed by atoms with Gasteiger partial charge in [-0.25, -0.2) is 0 Å². The first kappa shape index (κ1) is 17.8. The SMILES string of the molecule is CNC1CCC(c2ccc(Cl)c(Cl)c2)c2ccc(C(=O)NC3CC3)cc21. The third kappa shape index (κ3) is 3.48. The summed E-state index contributed by atoms with van der Waals surface area (Å²) < 4.78 is 0. The Kier molecular flexibility index (Phi) is 4.96. The Labute approximate surface area is 164 Å². The van der Waals surface area contributed by atoms with Crippen molar-refractivity contribution in [2.45, 2.75) is 43.7 Å². The molecule has 2 aliphatic rings. The summed E-state index contributed by atoms with van der Waals surface area (Å²) in [6.45, 7) is 0. The van der Waals surface area contributed by atoms with Gasteiger partial charge in [-0.2, -0.15) is 0 Å². The molecule has 0 radical (unpaired) electrons. The van der Waals surface area contributed by atoms with Gasteiger partial charge in [0, 0.05) is 23.6 Å². The number of carbonyl (C=O) groups excluding carboxylic acids is 1. The number of fused-ring (bicyclic) bond motifs is 1. The zero-order valence-electron chi connectivity index (χ0n) is 14.7. The van der Waals surface area contributed by atoms with E-state index in [1.807, 2.05) is 25.2 Å². The van der Waals surface area contributed by atoms with E-state index in [-0.39, 0.29) is 17.9 Å². The molecule has 0 bridgehead atoms. The van der Waals surface area contributed by atoms with E-state index in [1.54, 1.807) is 0 Å². The molecule has 2 atom stereocenters. The first-order valence-corrected chi connectivity index (χ1v) is 9.89. The van der Waals surface area contributed by atoms with Crippen molar-refractivity contribution in [2.24, 2.45) is 0 Å². The summed E-state index contributed by atoms with van der Waals surface area (Å²) in [5.74, 6) is 0.298. The van der Waals surface area contributed by atoms with E-state index < -0.39 is 0 Å². The van der Waals surface area contributed by atoms with Gasteiger partial charge in [0.05, 0.1) is 10.0 Å². The number of hydrogen-bond donors (Lipinski definition) is 2. The van der Waals surface area contributed by atoms with Crippen LogP contribution in [0, 0.1) is 0 Å². The molecule has 2 aromatic carbocycles. The second kappa shape index (κ2) is 7.22. The van der Waals surface area contributed by atoms with Crippen LogP contribution in [-0.4, -0.2) is 19.0 Å². The first-order chi connectivity index (χ1) is 12.6. The number of amides is 1. The maximum Gasteiger partial charge on any atom is 0.251 e. The van der Waals surface area contributed by atoms with Crippen LogP contribution in [0.2, 0.25) is 10.0 Å². The Bertz CT molecular complexity index is 848. The third-order valence-corrected chi connectivity index (χ3v) is 6.19. The van der Waals surface area contributed by atoms with Gasteiger partial charge in [-0.15, -0.1) is 0 Å². The Hall–Kier alpha value is -1.55. The van der Waals surface area contributed by atoms with E-state index in [9.17, 15) is 4.79 Å². The summed E-state index contributed by atoms with van der Waals surface area (Å²) in [5, 5.41) is 7.63. The summed E-state index contributed by atoms with van der Waals surface area (Å²) >= 11 is 12.3. The third-order valence-electron chi connectivity index (χ3n) is 5.45. The fraction of sp³-hybridized carbons (Fsp3) is 0.381. The molecule has 5 heteroatoms. The average molecular weight is 389 g/mol. The van der Waals surface area contributed by atoms with E-state index in [1.165, 1.54) is 16.7 Å². The quantitative estimate of drug-likeness (QED) is 0.767. The normalized spacial score (nSPS) is 22.0. The molecule has 4 rings (SSSR count). The van der Waals surface area contributed by atoms with Crippen LogP contribution < -0.4 is 10.6 Å². The van der Waals surface area contributed by atoms with E-state index >= 15 is 0 Å². The van der Waals surface area contributed by atoms with Crippen LogP contribution >= 0.6 is 23.2 Å². The molecule has 0 aromatic heterocycles. The molecule has 2 N–H and O–H groups in total. The number of nitrogens with one attached hydrogen (secondary N) is 2. The summed E-state index contributed by atoms with van der Waals surface area (Å²) in [6.07, 6.45) is 4.23. The maximum absolute atomic E-state index is 12.4. The predicted octanol–water partition coefficient (Wildman–Crippen LogP) is 5.07. The van der Waals surface area contributed by atoms with Crippen molar-refractivity contribution in [3.63, 3.8) is 0 Å². The molecule has 0 aliphatic heterocycles. The van der Waals surface area contributed by atoms with Gasteiger partial charge in [-0.3, -0.25) is 4.79 Å². The molecule has 1 saturated carbocycles. The van der Waals surface area contributed by atoms with Crippen molar-refractivity contribution in [2.75, 3.05) is 7.05 Å². The molecule has 0 saturated heterocycles. The molecule has 26 heavy (non-hydrogen) atoms. The highest BCUT2D eigenvalue weighted by Gasteiger charge is 2.29. The maximum atomic E-state index is 12.4. The van der Waals surface area contributed by atoms with Gasteiger partial charge in [-0.05, 0) is 73.7 Å². The van der Waals surface area contributed by atoms with E-state index in [2.05, 4.69) is 28.8 Å². The average Bonchev–Trinajstić information content (AvgIpc) is 3.46. The van der Waals surface area contributed by atoms with Crippen molar-refractivity contribution in [3.05, 3.63) is 68.7 Å². The molecule has 2 aromatic rings. The van der Waals surface area contributed by atoms with Crippen molar-refractivity contribution < 1.29 is 4.79 Å². The number of hydrogen-bond acceptors (Lipinski definition) is 2. The topological polar surface area (TPSA) is 41.1 Å². The standard InChI is InChI=1S/C21H22Cl2N2O/c1-24-20-9-7-15(12-3-8-18(22)19(23)11-12)16-6-2-13(10-17(16)20)21(26)25-14-4-5-14/h2-3,6,8,10-11,14-15,20,24H,4-5,7,9H2,1H3,(H,25,26). The van der Waals surface area contributed by atoms with Gasteiger partial charge in [0.15, 0.2) is 0 Å². The number of halogens is 2. The zero-order chi connectivity index (χ0) is 18.3. The molecule has 1 fully saturated rings. The minimum absolute atomic E-state index is 0.0295. The van der Waals surface area contributed by atoms with Crippen LogP contribution in [0.4, 0.5) is 0 Å². The lowest BCUT2D eigenvalue weighted by molar-refractivity contribution is 0.0951. The van der Waals surface area contributed by atoms with Crippen molar-refractivity contribution in [3.8, 4) is 0 Å². The highest BCUT2D eigenvalue weighted by atomic mass is 35.5. The van der Waals surface area contributed by atoms with Crippen LogP contribution in [0.3, 0.4) is 0 Å². The van der Waals surface area contributed by atoms with Crippen LogP contribution in [-0.2, 0) is 0 Å². The van der Waals surface area contributed by atoms with Gasteiger partial charge < -0.3 is 10.6 Å². The van der Waals surface area contributed by atoms with Crippen molar-refractivity contribution in [1.82, 2.24) is 10.6 Å². The molecule has 2 aliphatic carbocycles. The lowest BCUT2D eigenvalue weighted by atomic mass is 9.76. The number of benzene rings is 2. The second-order valence-corrected chi connectivity index (χ2v) is 8.05. The second-order valence-electron chi connectivity index (χ2n) is 7.24. The summed E-state index contributed by atoms with van der Waals surface area (Å²) in [7, 11) is 1.98. The van der Waals surface area contributed by atoms with Gasteiger partial charge in [0.1, 0.15) is 0 Å². The molecular weight excluding hydrogens is 367 g/mol. The van der Waals surface area contributed by atoms with E-state index in [0.717, 1.165) is 31.2 Å². The van der Waals surface area contributed by atoms with Gasteiger partial charge in [0.2, 0.25) is 0 Å². The minimum Gasteiger partial charge on any atom is -0.349 e. The first-order valence-electron chi connectivity index (χ1n) is 9.13. The molecule has 1 amide bonds. The Balaban J connectivity index is 1.70. The van der Waals surface area contributed by atoms with Crippen LogP contribution in [0.1, 0.15) is 64.7 Å². The highest BCUT2D eigenvalue weighted by Crippen LogP contribution is 2.42. The molecule has 3 nitrogen and oxygen atoms in total. The highest BCUT2D eigenvalue weighted by molar-refractivity contribution is 6.42. The van der Waals surface area contributed by atoms with Crippen molar-refractivity contribution >= 4 is 29.1 Å². The zero-order valence-corrected chi connectivity index (χ0v) is 16.2. The molecule has 2 unspecified atom stereocenters. The number of carbonyl (C=O) groups is 1. The molecule has 0 heterocycles. The fourth-order valence-electron chi connectivity index (χ4n) is 3.85. The monoisotopic (exact) mass is 388 g/mol. The predicted molar refractivity (Wildman–Crippen MR) is 106 cm³/mol. The fourth-order valence-corrected chi connectivity index (χ4v) is 4.16. The van der Waals surface area contributed by atoms with E-state index in [4.69, 9.17) is 23.2 Å². The molecule has 0 spiro atoms.